The molecule has 4 aromatic rings. The van der Waals surface area contributed by atoms with Gasteiger partial charge in [0.1, 0.15) is 11.6 Å². The molecular weight excluding hydrogens is 508 g/mol. The van der Waals surface area contributed by atoms with Gasteiger partial charge in [-0.3, -0.25) is 4.79 Å². The largest absolute Gasteiger partial charge is 0.493 e. The van der Waals surface area contributed by atoms with Gasteiger partial charge in [0.2, 0.25) is 11.7 Å². The Balaban J connectivity index is 1.48. The summed E-state index contributed by atoms with van der Waals surface area (Å²) in [5, 5.41) is 4.70. The van der Waals surface area contributed by atoms with Crippen LogP contribution < -0.4 is 26.3 Å². The van der Waals surface area contributed by atoms with Gasteiger partial charge in [0.25, 0.3) is 5.91 Å². The third kappa shape index (κ3) is 4.99. The first-order chi connectivity index (χ1) is 18.4. The molecule has 10 nitrogen and oxygen atoms in total. The molecule has 11 heteroatoms. The SMILES string of the molecule is COc1cc(Cc2cnc(N)nc2N)c2cc(CNc3cc(Cl)ccc3C(=O)N3CCCC3)oc2c1OC. The fourth-order valence-corrected chi connectivity index (χ4v) is 4.91. The zero-order valence-corrected chi connectivity index (χ0v) is 22.0. The Bertz CT molecular complexity index is 1500. The summed E-state index contributed by atoms with van der Waals surface area (Å²) in [4.78, 5) is 23.1. The number of ether oxygens (including phenoxy) is 2. The number of nitrogens with two attached hydrogens (primary N) is 2. The van der Waals surface area contributed by atoms with Crippen molar-refractivity contribution in [3.63, 3.8) is 0 Å². The van der Waals surface area contributed by atoms with Crippen molar-refractivity contribution in [1.82, 2.24) is 14.9 Å². The number of fused-ring (bicyclic) bond motifs is 1. The third-order valence-electron chi connectivity index (χ3n) is 6.64. The standard InChI is InChI=1S/C27H29ClN6O4/c1-36-22-10-15(9-16-13-32-27(30)33-25(16)29)20-12-18(38-23(20)24(22)37-2)14-31-21-11-17(28)5-6-19(21)26(35)34-7-3-4-8-34/h5-6,10-13,31H,3-4,7-9,14H2,1-2H3,(H4,29,30,32,33). The fourth-order valence-electron chi connectivity index (χ4n) is 4.74. The summed E-state index contributed by atoms with van der Waals surface area (Å²) >= 11 is 6.27. The third-order valence-corrected chi connectivity index (χ3v) is 6.88. The number of halogens is 1. The molecule has 3 heterocycles. The Kier molecular flexibility index (Phi) is 7.15. The number of nitrogens with zero attached hydrogens (tertiary/aromatic N) is 3. The van der Waals surface area contributed by atoms with Gasteiger partial charge in [-0.25, -0.2) is 4.98 Å². The van der Waals surface area contributed by atoms with Gasteiger partial charge in [0.05, 0.1) is 26.3 Å². The number of carbonyl (C=O) groups excluding carboxylic acids is 1. The summed E-state index contributed by atoms with van der Waals surface area (Å²) < 4.78 is 17.4. The zero-order valence-electron chi connectivity index (χ0n) is 21.2. The van der Waals surface area contributed by atoms with Crippen LogP contribution in [0.15, 0.2) is 40.9 Å². The van der Waals surface area contributed by atoms with Crippen LogP contribution in [-0.4, -0.2) is 48.1 Å². The molecule has 38 heavy (non-hydrogen) atoms. The molecule has 0 radical (unpaired) electrons. The Labute approximate surface area is 224 Å². The first kappa shape index (κ1) is 25.5. The number of amides is 1. The van der Waals surface area contributed by atoms with E-state index in [0.717, 1.165) is 42.4 Å². The lowest BCUT2D eigenvalue weighted by Gasteiger charge is -2.18. The van der Waals surface area contributed by atoms with Crippen molar-refractivity contribution >= 4 is 45.9 Å². The molecule has 0 unspecified atom stereocenters. The number of benzene rings is 2. The monoisotopic (exact) mass is 536 g/mol. The number of furan rings is 1. The van der Waals surface area contributed by atoms with E-state index in [1.165, 1.54) is 0 Å². The minimum atomic E-state index is -0.0109. The molecule has 1 fully saturated rings. The number of nitrogens with one attached hydrogen (secondary N) is 1. The fraction of sp³-hybridized carbons (Fsp3) is 0.296. The van der Waals surface area contributed by atoms with E-state index in [2.05, 4.69) is 15.3 Å². The Morgan fingerprint density at radius 1 is 1.13 bits per heavy atom. The molecule has 0 spiro atoms. The van der Waals surface area contributed by atoms with Crippen LogP contribution in [0.5, 0.6) is 11.5 Å². The summed E-state index contributed by atoms with van der Waals surface area (Å²) in [5.74, 6) is 2.04. The van der Waals surface area contributed by atoms with Crippen LogP contribution in [0, 0.1) is 0 Å². The highest BCUT2D eigenvalue weighted by molar-refractivity contribution is 6.31. The van der Waals surface area contributed by atoms with Crippen molar-refractivity contribution in [2.75, 3.05) is 44.1 Å². The summed E-state index contributed by atoms with van der Waals surface area (Å²) in [6, 6.07) is 9.06. The van der Waals surface area contributed by atoms with Gasteiger partial charge in [-0.1, -0.05) is 11.6 Å². The molecule has 1 aliphatic heterocycles. The number of nitrogen functional groups attached to an aromatic ring is 2. The predicted molar refractivity (Wildman–Crippen MR) is 147 cm³/mol. The summed E-state index contributed by atoms with van der Waals surface area (Å²) in [5.41, 5.74) is 15.1. The number of rotatable bonds is 8. The lowest BCUT2D eigenvalue weighted by molar-refractivity contribution is 0.0793. The van der Waals surface area contributed by atoms with Gasteiger partial charge in [-0.2, -0.15) is 4.98 Å². The van der Waals surface area contributed by atoms with Gasteiger partial charge < -0.3 is 35.6 Å². The molecule has 1 aliphatic rings. The minimum absolute atomic E-state index is 0.0109. The van der Waals surface area contributed by atoms with Crippen LogP contribution in [-0.2, 0) is 13.0 Å². The molecule has 2 aromatic heterocycles. The number of hydrogen-bond donors (Lipinski definition) is 3. The maximum atomic E-state index is 13.1. The Morgan fingerprint density at radius 2 is 1.92 bits per heavy atom. The van der Waals surface area contributed by atoms with Crippen LogP contribution in [0.1, 0.15) is 40.1 Å². The van der Waals surface area contributed by atoms with E-state index in [-0.39, 0.29) is 11.9 Å². The first-order valence-electron chi connectivity index (χ1n) is 12.2. The van der Waals surface area contributed by atoms with Crippen molar-refractivity contribution < 1.29 is 18.7 Å². The number of aromatic nitrogens is 2. The second-order valence-corrected chi connectivity index (χ2v) is 9.52. The van der Waals surface area contributed by atoms with Crippen LogP contribution in [0.3, 0.4) is 0 Å². The highest BCUT2D eigenvalue weighted by Crippen LogP contribution is 2.41. The molecule has 198 valence electrons. The first-order valence-corrected chi connectivity index (χ1v) is 12.6. The van der Waals surface area contributed by atoms with Crippen molar-refractivity contribution in [2.24, 2.45) is 0 Å². The molecule has 0 bridgehead atoms. The predicted octanol–water partition coefficient (Wildman–Crippen LogP) is 4.50. The lowest BCUT2D eigenvalue weighted by Crippen LogP contribution is -2.28. The summed E-state index contributed by atoms with van der Waals surface area (Å²) in [7, 11) is 3.13. The van der Waals surface area contributed by atoms with Crippen LogP contribution in [0.2, 0.25) is 5.02 Å². The van der Waals surface area contributed by atoms with Gasteiger partial charge in [-0.05, 0) is 48.7 Å². The quantitative estimate of drug-likeness (QED) is 0.296. The van der Waals surface area contributed by atoms with Gasteiger partial charge in [0, 0.05) is 47.4 Å². The molecular formula is C27H29ClN6O4. The van der Waals surface area contributed by atoms with E-state index in [1.807, 2.05) is 17.0 Å². The van der Waals surface area contributed by atoms with Crippen molar-refractivity contribution in [2.45, 2.75) is 25.8 Å². The second kappa shape index (κ2) is 10.7. The van der Waals surface area contributed by atoms with Crippen LogP contribution >= 0.6 is 11.6 Å². The van der Waals surface area contributed by atoms with Crippen LogP contribution in [0.4, 0.5) is 17.5 Å². The zero-order chi connectivity index (χ0) is 26.8. The normalized spacial score (nSPS) is 13.2. The highest BCUT2D eigenvalue weighted by Gasteiger charge is 2.23. The smallest absolute Gasteiger partial charge is 0.255 e. The average molecular weight is 537 g/mol. The van der Waals surface area contributed by atoms with Gasteiger partial charge in [0.15, 0.2) is 11.3 Å². The Hall–Kier alpha value is -4.18. The molecule has 5 N–H and O–H groups in total. The van der Waals surface area contributed by atoms with E-state index in [0.29, 0.717) is 57.9 Å². The van der Waals surface area contributed by atoms with Crippen LogP contribution in [0.25, 0.3) is 11.0 Å². The maximum absolute atomic E-state index is 13.1. The molecule has 0 saturated carbocycles. The number of likely N-dealkylation sites (tertiary alicyclic amines) is 1. The minimum Gasteiger partial charge on any atom is -0.493 e. The molecule has 1 saturated heterocycles. The molecule has 0 atom stereocenters. The topological polar surface area (TPSA) is 142 Å². The highest BCUT2D eigenvalue weighted by atomic mass is 35.5. The molecule has 2 aromatic carbocycles. The number of anilines is 3. The summed E-state index contributed by atoms with van der Waals surface area (Å²) in [6.45, 7) is 1.84. The van der Waals surface area contributed by atoms with Gasteiger partial charge in [-0.15, -0.1) is 0 Å². The van der Waals surface area contributed by atoms with Crippen molar-refractivity contribution in [1.29, 1.82) is 0 Å². The van der Waals surface area contributed by atoms with Crippen molar-refractivity contribution in [3.05, 3.63) is 64.0 Å². The Morgan fingerprint density at radius 3 is 2.63 bits per heavy atom. The average Bonchev–Trinajstić information content (AvgIpc) is 3.59. The lowest BCUT2D eigenvalue weighted by atomic mass is 10.0. The van der Waals surface area contributed by atoms with E-state index in [9.17, 15) is 4.79 Å². The van der Waals surface area contributed by atoms with E-state index in [1.54, 1.807) is 38.6 Å². The summed E-state index contributed by atoms with van der Waals surface area (Å²) in [6.07, 6.45) is 4.07. The second-order valence-electron chi connectivity index (χ2n) is 9.08. The number of methoxy groups -OCH3 is 2. The van der Waals surface area contributed by atoms with Crippen molar-refractivity contribution in [3.8, 4) is 11.5 Å². The van der Waals surface area contributed by atoms with E-state index < -0.39 is 0 Å². The van der Waals surface area contributed by atoms with Gasteiger partial charge >= 0.3 is 0 Å². The maximum Gasteiger partial charge on any atom is 0.255 e. The molecule has 0 aliphatic carbocycles. The van der Waals surface area contributed by atoms with E-state index >= 15 is 0 Å². The molecule has 1 amide bonds. The number of hydrogen-bond acceptors (Lipinski definition) is 9. The van der Waals surface area contributed by atoms with E-state index in [4.69, 9.17) is 37.0 Å². The molecule has 5 rings (SSSR count). The number of carbonyl (C=O) groups is 1.